The molecule has 7 nitrogen and oxygen atoms in total. The van der Waals surface area contributed by atoms with Crippen molar-refractivity contribution in [1.29, 1.82) is 0 Å². The van der Waals surface area contributed by atoms with Gasteiger partial charge in [0.15, 0.2) is 0 Å². The molecule has 2 N–H and O–H groups in total. The lowest BCUT2D eigenvalue weighted by atomic mass is 10.0. The Hall–Kier alpha value is -1.79. The number of nitrogens with zero attached hydrogens (tertiary/aromatic N) is 1. The Morgan fingerprint density at radius 2 is 1.67 bits per heavy atom. The van der Waals surface area contributed by atoms with Crippen molar-refractivity contribution in [2.45, 2.75) is 71.1 Å². The van der Waals surface area contributed by atoms with Gasteiger partial charge in [0.1, 0.15) is 11.6 Å². The topological polar surface area (TPSA) is 87.7 Å². The Morgan fingerprint density at radius 3 is 2.17 bits per heavy atom. The van der Waals surface area contributed by atoms with E-state index in [-0.39, 0.29) is 23.8 Å². The fourth-order valence-electron chi connectivity index (χ4n) is 2.71. The van der Waals surface area contributed by atoms with Crippen LogP contribution in [0.5, 0.6) is 0 Å². The molecule has 1 saturated carbocycles. The van der Waals surface area contributed by atoms with Crippen molar-refractivity contribution in [2.24, 2.45) is 5.92 Å². The molecule has 0 aromatic rings. The maximum atomic E-state index is 12.2. The summed E-state index contributed by atoms with van der Waals surface area (Å²) in [6.07, 6.45) is 2.94. The Balaban J connectivity index is 1.70. The number of piperidine rings is 1. The predicted molar refractivity (Wildman–Crippen MR) is 89.3 cm³/mol. The molecule has 1 saturated heterocycles. The minimum atomic E-state index is -0.661. The average Bonchev–Trinajstić information content (AvgIpc) is 3.29. The van der Waals surface area contributed by atoms with Gasteiger partial charge in [-0.3, -0.25) is 9.59 Å². The molecule has 1 heterocycles. The van der Waals surface area contributed by atoms with E-state index in [2.05, 4.69) is 10.6 Å². The molecule has 1 atom stereocenters. The van der Waals surface area contributed by atoms with Gasteiger partial charge in [0.25, 0.3) is 0 Å². The van der Waals surface area contributed by atoms with Crippen LogP contribution in [0.25, 0.3) is 0 Å². The van der Waals surface area contributed by atoms with Crippen molar-refractivity contribution in [3.8, 4) is 0 Å². The molecule has 0 bridgehead atoms. The Morgan fingerprint density at radius 1 is 1.08 bits per heavy atom. The second-order valence-electron chi connectivity index (χ2n) is 7.75. The van der Waals surface area contributed by atoms with Crippen LogP contribution in [0.1, 0.15) is 53.4 Å². The van der Waals surface area contributed by atoms with E-state index in [0.717, 1.165) is 25.7 Å². The third kappa shape index (κ3) is 5.69. The summed E-state index contributed by atoms with van der Waals surface area (Å²) in [6.45, 7) is 8.32. The van der Waals surface area contributed by atoms with Crippen LogP contribution >= 0.6 is 0 Å². The number of hydrogen-bond acceptors (Lipinski definition) is 4. The minimum absolute atomic E-state index is 0.0450. The van der Waals surface area contributed by atoms with E-state index in [9.17, 15) is 14.4 Å². The van der Waals surface area contributed by atoms with Gasteiger partial charge in [-0.25, -0.2) is 4.79 Å². The van der Waals surface area contributed by atoms with Crippen LogP contribution in [0, 0.1) is 5.92 Å². The van der Waals surface area contributed by atoms with E-state index in [1.807, 2.05) is 4.90 Å². The molecule has 136 valence electrons. The van der Waals surface area contributed by atoms with Crippen molar-refractivity contribution in [2.75, 3.05) is 13.1 Å². The normalized spacial score (nSPS) is 20.2. The minimum Gasteiger partial charge on any atom is -0.444 e. The van der Waals surface area contributed by atoms with E-state index in [0.29, 0.717) is 13.1 Å². The quantitative estimate of drug-likeness (QED) is 0.811. The monoisotopic (exact) mass is 339 g/mol. The molecule has 24 heavy (non-hydrogen) atoms. The first-order valence-corrected chi connectivity index (χ1v) is 8.74. The summed E-state index contributed by atoms with van der Waals surface area (Å²) in [5.74, 6) is 0.279. The van der Waals surface area contributed by atoms with Gasteiger partial charge in [-0.15, -0.1) is 0 Å². The molecular weight excluding hydrogens is 310 g/mol. The summed E-state index contributed by atoms with van der Waals surface area (Å²) in [7, 11) is 0. The van der Waals surface area contributed by atoms with Crippen molar-refractivity contribution in [1.82, 2.24) is 15.5 Å². The lowest BCUT2D eigenvalue weighted by Gasteiger charge is -2.33. The van der Waals surface area contributed by atoms with Crippen molar-refractivity contribution >= 4 is 17.9 Å². The van der Waals surface area contributed by atoms with Crippen LogP contribution in [-0.2, 0) is 14.3 Å². The van der Waals surface area contributed by atoms with Gasteiger partial charge in [-0.1, -0.05) is 0 Å². The summed E-state index contributed by atoms with van der Waals surface area (Å²) in [5.41, 5.74) is -0.596. The SMILES string of the molecule is C[C@@H](NC(=O)OC(C)(C)C)C(=O)NC1CCN(C(=O)C2CC2)CC1. The van der Waals surface area contributed by atoms with Crippen molar-refractivity contribution < 1.29 is 19.1 Å². The number of likely N-dealkylation sites (tertiary alicyclic amines) is 1. The van der Waals surface area contributed by atoms with E-state index in [1.165, 1.54) is 0 Å². The molecule has 3 amide bonds. The summed E-state index contributed by atoms with van der Waals surface area (Å²) in [6, 6.07) is -0.616. The second-order valence-corrected chi connectivity index (χ2v) is 7.75. The molecule has 1 aliphatic carbocycles. The fraction of sp³-hybridized carbons (Fsp3) is 0.824. The zero-order valence-electron chi connectivity index (χ0n) is 15.1. The van der Waals surface area contributed by atoms with Crippen LogP contribution in [0.2, 0.25) is 0 Å². The molecule has 1 aliphatic heterocycles. The highest BCUT2D eigenvalue weighted by molar-refractivity contribution is 5.85. The highest BCUT2D eigenvalue weighted by Gasteiger charge is 2.35. The van der Waals surface area contributed by atoms with E-state index >= 15 is 0 Å². The van der Waals surface area contributed by atoms with E-state index in [1.54, 1.807) is 27.7 Å². The smallest absolute Gasteiger partial charge is 0.408 e. The third-order valence-corrected chi connectivity index (χ3v) is 4.21. The summed E-state index contributed by atoms with van der Waals surface area (Å²) in [5, 5.41) is 5.48. The van der Waals surface area contributed by atoms with Gasteiger partial charge in [0, 0.05) is 25.0 Å². The summed E-state index contributed by atoms with van der Waals surface area (Å²) >= 11 is 0. The zero-order valence-corrected chi connectivity index (χ0v) is 15.1. The maximum absolute atomic E-state index is 12.2. The number of carbonyl (C=O) groups excluding carboxylic acids is 3. The number of ether oxygens (including phenoxy) is 1. The molecule has 0 aromatic heterocycles. The molecule has 2 aliphatic rings. The number of hydrogen-bond donors (Lipinski definition) is 2. The fourth-order valence-corrected chi connectivity index (χ4v) is 2.71. The second kappa shape index (κ2) is 7.40. The predicted octanol–water partition coefficient (Wildman–Crippen LogP) is 1.42. The van der Waals surface area contributed by atoms with Crippen molar-refractivity contribution in [3.63, 3.8) is 0 Å². The summed E-state index contributed by atoms with van der Waals surface area (Å²) in [4.78, 5) is 37.8. The molecule has 2 fully saturated rings. The molecule has 0 unspecified atom stereocenters. The molecule has 0 spiro atoms. The van der Waals surface area contributed by atoms with Crippen LogP contribution < -0.4 is 10.6 Å². The molecule has 2 rings (SSSR count). The van der Waals surface area contributed by atoms with Crippen LogP contribution in [0.4, 0.5) is 4.79 Å². The summed E-state index contributed by atoms with van der Waals surface area (Å²) < 4.78 is 5.14. The van der Waals surface area contributed by atoms with Gasteiger partial charge < -0.3 is 20.3 Å². The van der Waals surface area contributed by atoms with Crippen LogP contribution in [-0.4, -0.2) is 53.6 Å². The maximum Gasteiger partial charge on any atom is 0.408 e. The van der Waals surface area contributed by atoms with Gasteiger partial charge in [-0.05, 0) is 53.4 Å². The lowest BCUT2D eigenvalue weighted by molar-refractivity contribution is -0.133. The first-order valence-electron chi connectivity index (χ1n) is 8.74. The molecular formula is C17H29N3O4. The molecule has 7 heteroatoms. The third-order valence-electron chi connectivity index (χ3n) is 4.21. The van der Waals surface area contributed by atoms with E-state index < -0.39 is 17.7 Å². The van der Waals surface area contributed by atoms with Crippen LogP contribution in [0.15, 0.2) is 0 Å². The highest BCUT2D eigenvalue weighted by Crippen LogP contribution is 2.31. The highest BCUT2D eigenvalue weighted by atomic mass is 16.6. The molecule has 0 radical (unpaired) electrons. The van der Waals surface area contributed by atoms with E-state index in [4.69, 9.17) is 4.74 Å². The number of carbonyl (C=O) groups is 3. The Labute approximate surface area is 143 Å². The average molecular weight is 339 g/mol. The zero-order chi connectivity index (χ0) is 17.9. The van der Waals surface area contributed by atoms with Gasteiger partial charge in [0.05, 0.1) is 0 Å². The lowest BCUT2D eigenvalue weighted by Crippen LogP contribution is -2.52. The standard InChI is InChI=1S/C17H29N3O4/c1-11(18-16(23)24-17(2,3)4)14(21)19-13-7-9-20(10-8-13)15(22)12-5-6-12/h11-13H,5-10H2,1-4H3,(H,18,23)(H,19,21)/t11-/m1/s1. The van der Waals surface area contributed by atoms with Crippen molar-refractivity contribution in [3.05, 3.63) is 0 Å². The number of alkyl carbamates (subject to hydrolysis) is 1. The first kappa shape index (κ1) is 18.5. The molecule has 0 aromatic carbocycles. The number of nitrogens with one attached hydrogen (secondary N) is 2. The van der Waals surface area contributed by atoms with Gasteiger partial charge >= 0.3 is 6.09 Å². The van der Waals surface area contributed by atoms with Crippen LogP contribution in [0.3, 0.4) is 0 Å². The Bertz CT molecular complexity index is 489. The Kier molecular flexibility index (Phi) is 5.72. The first-order chi connectivity index (χ1) is 11.2. The number of rotatable bonds is 4. The largest absolute Gasteiger partial charge is 0.444 e. The number of amides is 3. The van der Waals surface area contributed by atoms with Gasteiger partial charge in [0.2, 0.25) is 11.8 Å². The van der Waals surface area contributed by atoms with Gasteiger partial charge in [-0.2, -0.15) is 0 Å².